The van der Waals surface area contributed by atoms with Crippen LogP contribution in [0.2, 0.25) is 0 Å². The highest BCUT2D eigenvalue weighted by molar-refractivity contribution is 14.0. The second-order valence-electron chi connectivity index (χ2n) is 7.37. The summed E-state index contributed by atoms with van der Waals surface area (Å²) < 4.78 is 11.1. The zero-order chi connectivity index (χ0) is 17.8. The maximum absolute atomic E-state index is 5.77. The summed E-state index contributed by atoms with van der Waals surface area (Å²) >= 11 is 0. The van der Waals surface area contributed by atoms with Crippen molar-refractivity contribution in [2.24, 2.45) is 10.4 Å². The van der Waals surface area contributed by atoms with Crippen LogP contribution in [-0.2, 0) is 11.3 Å². The first kappa shape index (κ1) is 22.0. The molecule has 1 fully saturated rings. The Bertz CT molecular complexity index is 588. The van der Waals surface area contributed by atoms with Gasteiger partial charge < -0.3 is 19.7 Å². The molecule has 0 unspecified atom stereocenters. The van der Waals surface area contributed by atoms with Crippen LogP contribution in [0.4, 0.5) is 0 Å². The molecule has 5 nitrogen and oxygen atoms in total. The van der Waals surface area contributed by atoms with Gasteiger partial charge in [0.15, 0.2) is 5.96 Å². The molecule has 0 bridgehead atoms. The number of ether oxygens (including phenoxy) is 2. The number of methoxy groups -OCH3 is 1. The first-order valence-corrected chi connectivity index (χ1v) is 8.51. The fourth-order valence-electron chi connectivity index (χ4n) is 2.93. The molecule has 0 spiro atoms. The molecule has 1 aliphatic heterocycles. The minimum Gasteiger partial charge on any atom is -0.496 e. The number of hydrogen-bond donors (Lipinski definition) is 1. The van der Waals surface area contributed by atoms with E-state index in [4.69, 9.17) is 9.47 Å². The Kier molecular flexibility index (Phi) is 7.99. The van der Waals surface area contributed by atoms with Crippen LogP contribution in [-0.4, -0.2) is 50.3 Å². The van der Waals surface area contributed by atoms with Gasteiger partial charge in [0, 0.05) is 36.7 Å². The quantitative estimate of drug-likeness (QED) is 0.305. The SMILES string of the molecule is CN=C(NCCOCc1ccccc1OC)N1CC(C)(C)C1(C)C.I. The van der Waals surface area contributed by atoms with Crippen LogP contribution in [0.5, 0.6) is 5.75 Å². The summed E-state index contributed by atoms with van der Waals surface area (Å²) in [6, 6.07) is 7.93. The molecule has 1 aliphatic rings. The molecule has 1 aromatic rings. The summed E-state index contributed by atoms with van der Waals surface area (Å²) in [5, 5.41) is 3.40. The lowest BCUT2D eigenvalue weighted by molar-refractivity contribution is -0.0669. The van der Waals surface area contributed by atoms with Crippen molar-refractivity contribution in [1.29, 1.82) is 0 Å². The van der Waals surface area contributed by atoms with E-state index < -0.39 is 0 Å². The largest absolute Gasteiger partial charge is 0.496 e. The Morgan fingerprint density at radius 3 is 2.48 bits per heavy atom. The van der Waals surface area contributed by atoms with Crippen molar-refractivity contribution in [1.82, 2.24) is 10.2 Å². The predicted octanol–water partition coefficient (Wildman–Crippen LogP) is 3.53. The molecule has 0 atom stereocenters. The molecule has 0 aromatic heterocycles. The number of hydrogen-bond acceptors (Lipinski definition) is 3. The van der Waals surface area contributed by atoms with Gasteiger partial charge in [0.25, 0.3) is 0 Å². The third-order valence-electron chi connectivity index (χ3n) is 5.33. The smallest absolute Gasteiger partial charge is 0.194 e. The molecule has 142 valence electrons. The van der Waals surface area contributed by atoms with Crippen molar-refractivity contribution in [3.63, 3.8) is 0 Å². The molecule has 6 heteroatoms. The van der Waals surface area contributed by atoms with Crippen molar-refractivity contribution < 1.29 is 9.47 Å². The van der Waals surface area contributed by atoms with Gasteiger partial charge in [0.2, 0.25) is 0 Å². The highest BCUT2D eigenvalue weighted by Gasteiger charge is 2.53. The van der Waals surface area contributed by atoms with Crippen molar-refractivity contribution in [3.8, 4) is 5.75 Å². The topological polar surface area (TPSA) is 46.1 Å². The van der Waals surface area contributed by atoms with E-state index in [2.05, 4.69) is 42.9 Å². The summed E-state index contributed by atoms with van der Waals surface area (Å²) in [6.45, 7) is 12.0. The standard InChI is InChI=1S/C19H31N3O2.HI/c1-18(2)14-22(19(18,3)4)17(20-5)21-11-12-24-13-15-9-7-8-10-16(15)23-6;/h7-10H,11-14H2,1-6H3,(H,20,21);1H. The van der Waals surface area contributed by atoms with Gasteiger partial charge in [-0.05, 0) is 19.9 Å². The number of guanidine groups is 1. The summed E-state index contributed by atoms with van der Waals surface area (Å²) in [5.74, 6) is 1.81. The number of benzene rings is 1. The zero-order valence-electron chi connectivity index (χ0n) is 16.3. The van der Waals surface area contributed by atoms with E-state index in [9.17, 15) is 0 Å². The number of likely N-dealkylation sites (tertiary alicyclic amines) is 1. The summed E-state index contributed by atoms with van der Waals surface area (Å²) in [7, 11) is 3.51. The molecular formula is C19H32IN3O2. The van der Waals surface area contributed by atoms with Crippen molar-refractivity contribution in [2.45, 2.75) is 39.8 Å². The maximum atomic E-state index is 5.77. The Morgan fingerprint density at radius 2 is 1.92 bits per heavy atom. The Morgan fingerprint density at radius 1 is 1.24 bits per heavy atom. The number of rotatable bonds is 6. The average molecular weight is 461 g/mol. The van der Waals surface area contributed by atoms with Crippen LogP contribution in [0.3, 0.4) is 0 Å². The number of nitrogens with one attached hydrogen (secondary N) is 1. The van der Waals surface area contributed by atoms with Crippen LogP contribution in [0, 0.1) is 5.41 Å². The fraction of sp³-hybridized carbons (Fsp3) is 0.632. The van der Waals surface area contributed by atoms with Gasteiger partial charge in [-0.25, -0.2) is 0 Å². The third-order valence-corrected chi connectivity index (χ3v) is 5.33. The van der Waals surface area contributed by atoms with E-state index in [-0.39, 0.29) is 29.5 Å². The van der Waals surface area contributed by atoms with Gasteiger partial charge in [0.1, 0.15) is 5.75 Å². The van der Waals surface area contributed by atoms with Crippen molar-refractivity contribution >= 4 is 29.9 Å². The van der Waals surface area contributed by atoms with E-state index in [0.29, 0.717) is 18.6 Å². The second kappa shape index (κ2) is 9.07. The molecule has 0 saturated carbocycles. The molecule has 0 radical (unpaired) electrons. The van der Waals surface area contributed by atoms with Gasteiger partial charge in [-0.3, -0.25) is 4.99 Å². The first-order valence-electron chi connectivity index (χ1n) is 8.51. The number of aliphatic imine (C=N–C) groups is 1. The van der Waals surface area contributed by atoms with Crippen LogP contribution >= 0.6 is 24.0 Å². The van der Waals surface area contributed by atoms with E-state index in [1.807, 2.05) is 31.3 Å². The van der Waals surface area contributed by atoms with Crippen molar-refractivity contribution in [3.05, 3.63) is 29.8 Å². The van der Waals surface area contributed by atoms with Gasteiger partial charge >= 0.3 is 0 Å². The zero-order valence-corrected chi connectivity index (χ0v) is 18.6. The maximum Gasteiger partial charge on any atom is 0.194 e. The first-order chi connectivity index (χ1) is 11.3. The van der Waals surface area contributed by atoms with E-state index in [0.717, 1.165) is 30.4 Å². The summed E-state index contributed by atoms with van der Waals surface area (Å²) in [6.07, 6.45) is 0. The lowest BCUT2D eigenvalue weighted by atomic mass is 9.65. The normalized spacial score (nSPS) is 18.2. The summed E-state index contributed by atoms with van der Waals surface area (Å²) in [5.41, 5.74) is 1.47. The number of nitrogens with zero attached hydrogens (tertiary/aromatic N) is 2. The number of para-hydroxylation sites is 1. The predicted molar refractivity (Wildman–Crippen MR) is 114 cm³/mol. The van der Waals surface area contributed by atoms with E-state index in [1.54, 1.807) is 7.11 Å². The Balaban J connectivity index is 0.00000312. The monoisotopic (exact) mass is 461 g/mol. The molecular weight excluding hydrogens is 429 g/mol. The Labute approximate surface area is 169 Å². The molecule has 25 heavy (non-hydrogen) atoms. The average Bonchev–Trinajstić information content (AvgIpc) is 2.57. The highest BCUT2D eigenvalue weighted by atomic mass is 127. The van der Waals surface area contributed by atoms with Crippen LogP contribution < -0.4 is 10.1 Å². The molecule has 0 aliphatic carbocycles. The van der Waals surface area contributed by atoms with E-state index >= 15 is 0 Å². The molecule has 1 heterocycles. The van der Waals surface area contributed by atoms with Gasteiger partial charge in [0.05, 0.1) is 20.3 Å². The fourth-order valence-corrected chi connectivity index (χ4v) is 2.93. The molecule has 1 N–H and O–H groups in total. The third kappa shape index (κ3) is 4.78. The van der Waals surface area contributed by atoms with Gasteiger partial charge in [-0.15, -0.1) is 24.0 Å². The lowest BCUT2D eigenvalue weighted by Gasteiger charge is -2.62. The molecule has 0 amide bonds. The van der Waals surface area contributed by atoms with Gasteiger partial charge in [-0.1, -0.05) is 32.0 Å². The molecule has 1 aromatic carbocycles. The minimum atomic E-state index is 0. The van der Waals surface area contributed by atoms with Crippen molar-refractivity contribution in [2.75, 3.05) is 33.9 Å². The van der Waals surface area contributed by atoms with Crippen LogP contribution in [0.15, 0.2) is 29.3 Å². The highest BCUT2D eigenvalue weighted by Crippen LogP contribution is 2.46. The van der Waals surface area contributed by atoms with Crippen LogP contribution in [0.1, 0.15) is 33.3 Å². The lowest BCUT2D eigenvalue weighted by Crippen LogP contribution is -2.72. The molecule has 1 saturated heterocycles. The minimum absolute atomic E-state index is 0. The molecule has 2 rings (SSSR count). The number of halogens is 1. The second-order valence-corrected chi connectivity index (χ2v) is 7.37. The van der Waals surface area contributed by atoms with Crippen LogP contribution in [0.25, 0.3) is 0 Å². The summed E-state index contributed by atoms with van der Waals surface area (Å²) in [4.78, 5) is 6.74. The van der Waals surface area contributed by atoms with Gasteiger partial charge in [-0.2, -0.15) is 0 Å². The van der Waals surface area contributed by atoms with E-state index in [1.165, 1.54) is 0 Å². The Hall–Kier alpha value is -1.02.